The molecule has 12 nitrogen and oxygen atoms in total. The van der Waals surface area contributed by atoms with Crippen LogP contribution in [0.3, 0.4) is 0 Å². The van der Waals surface area contributed by atoms with Crippen LogP contribution < -0.4 is 28.4 Å². The maximum atomic E-state index is 12.8. The van der Waals surface area contributed by atoms with Crippen molar-refractivity contribution >= 4 is 35.8 Å². The molecule has 1 aliphatic carbocycles. The molecule has 0 unspecified atom stereocenters. The molecule has 336 valence electrons. The minimum atomic E-state index is -0.554. The molecule has 6 aromatic carbocycles. The third-order valence-corrected chi connectivity index (χ3v) is 10.8. The number of fused-ring (bicyclic) bond motifs is 12. The Morgan fingerprint density at radius 3 is 0.439 bits per heavy atom. The van der Waals surface area contributed by atoms with E-state index in [1.807, 2.05) is 109 Å². The summed E-state index contributed by atoms with van der Waals surface area (Å²) >= 11 is 0. The van der Waals surface area contributed by atoms with Gasteiger partial charge in [0.2, 0.25) is 0 Å². The maximum Gasteiger partial charge on any atom is 0.308 e. The molecule has 6 aromatic rings. The Labute approximate surface area is 382 Å². The van der Waals surface area contributed by atoms with Gasteiger partial charge in [0.25, 0.3) is 0 Å². The van der Waals surface area contributed by atoms with Crippen LogP contribution in [0.4, 0.5) is 0 Å². The van der Waals surface area contributed by atoms with Crippen LogP contribution in [-0.4, -0.2) is 35.8 Å². The molecule has 0 spiro atoms. The van der Waals surface area contributed by atoms with Crippen LogP contribution in [0.1, 0.15) is 108 Å². The van der Waals surface area contributed by atoms with Crippen LogP contribution in [0, 0.1) is 0 Å². The van der Waals surface area contributed by atoms with E-state index >= 15 is 0 Å². The van der Waals surface area contributed by atoms with Gasteiger partial charge in [-0.25, -0.2) is 0 Å². The fourth-order valence-electron chi connectivity index (χ4n) is 8.38. The highest BCUT2D eigenvalue weighted by Crippen LogP contribution is 2.40. The van der Waals surface area contributed by atoms with Crippen LogP contribution in [0.2, 0.25) is 0 Å². The Balaban J connectivity index is 1.50. The number of para-hydroxylation sites is 6. The van der Waals surface area contributed by atoms with Gasteiger partial charge in [-0.05, 0) is 66.8 Å². The van der Waals surface area contributed by atoms with Crippen LogP contribution in [0.15, 0.2) is 109 Å². The molecule has 66 heavy (non-hydrogen) atoms. The molecule has 0 saturated carbocycles. The van der Waals surface area contributed by atoms with Crippen molar-refractivity contribution in [2.75, 3.05) is 0 Å². The van der Waals surface area contributed by atoms with E-state index in [1.165, 1.54) is 41.5 Å². The zero-order valence-corrected chi connectivity index (χ0v) is 37.5. The molecular weight excluding hydrogens is 841 g/mol. The van der Waals surface area contributed by atoms with Crippen LogP contribution in [0.25, 0.3) is 0 Å². The Kier molecular flexibility index (Phi) is 14.2. The average molecular weight is 889 g/mol. The van der Waals surface area contributed by atoms with Gasteiger partial charge in [0, 0.05) is 80.1 Å². The summed E-state index contributed by atoms with van der Waals surface area (Å²) in [6.45, 7) is 7.87. The van der Waals surface area contributed by atoms with E-state index in [0.717, 1.165) is 0 Å². The largest absolute Gasteiger partial charge is 0.426 e. The van der Waals surface area contributed by atoms with E-state index in [4.69, 9.17) is 28.4 Å². The van der Waals surface area contributed by atoms with Crippen molar-refractivity contribution in [3.05, 3.63) is 176 Å². The molecule has 1 aliphatic rings. The van der Waals surface area contributed by atoms with Gasteiger partial charge in [-0.1, -0.05) is 109 Å². The second kappa shape index (κ2) is 20.3. The van der Waals surface area contributed by atoms with Gasteiger partial charge in [-0.15, -0.1) is 0 Å². The maximum absolute atomic E-state index is 12.8. The van der Waals surface area contributed by atoms with Crippen LogP contribution in [-0.2, 0) is 67.3 Å². The van der Waals surface area contributed by atoms with E-state index in [2.05, 4.69) is 0 Å². The Morgan fingerprint density at radius 1 is 0.242 bits per heavy atom. The molecule has 0 amide bonds. The first-order valence-corrected chi connectivity index (χ1v) is 21.4. The van der Waals surface area contributed by atoms with Crippen molar-refractivity contribution in [2.45, 2.75) is 80.1 Å². The number of carbonyl (C=O) groups is 6. The van der Waals surface area contributed by atoms with Crippen molar-refractivity contribution in [3.63, 3.8) is 0 Å². The van der Waals surface area contributed by atoms with E-state index in [1.54, 1.807) is 0 Å². The van der Waals surface area contributed by atoms with Gasteiger partial charge in [-0.3, -0.25) is 28.8 Å². The lowest BCUT2D eigenvalue weighted by Crippen LogP contribution is -2.12. The summed E-state index contributed by atoms with van der Waals surface area (Å²) < 4.78 is 35.7. The van der Waals surface area contributed by atoms with Gasteiger partial charge in [0.1, 0.15) is 34.5 Å². The first kappa shape index (κ1) is 46.1. The highest BCUT2D eigenvalue weighted by Gasteiger charge is 2.25. The smallest absolute Gasteiger partial charge is 0.308 e. The third kappa shape index (κ3) is 11.1. The molecule has 0 aromatic heterocycles. The Bertz CT molecular complexity index is 2280. The van der Waals surface area contributed by atoms with Crippen LogP contribution in [0.5, 0.6) is 34.5 Å². The number of esters is 6. The SMILES string of the molecule is CC(=O)Oc1c2cccc1Cc1cccc(c1OC(C)=O)Cc1cccc(c1OC(C)=O)Cc1cccc(c1OC(C)=O)Cc1cccc(c1OC(C)=O)Cc1cccc(c1OC(C)=O)C2. The zero-order chi connectivity index (χ0) is 47.1. The summed E-state index contributed by atoms with van der Waals surface area (Å²) in [6.07, 6.45) is 1.03. The van der Waals surface area contributed by atoms with Crippen molar-refractivity contribution in [3.8, 4) is 34.5 Å². The Morgan fingerprint density at radius 2 is 0.348 bits per heavy atom. The highest BCUT2D eigenvalue weighted by atomic mass is 16.6. The van der Waals surface area contributed by atoms with E-state index in [-0.39, 0.29) is 38.5 Å². The quantitative estimate of drug-likeness (QED) is 0.115. The second-order valence-electron chi connectivity index (χ2n) is 16.1. The van der Waals surface area contributed by atoms with Crippen molar-refractivity contribution in [1.82, 2.24) is 0 Å². The van der Waals surface area contributed by atoms with Gasteiger partial charge in [-0.2, -0.15) is 0 Å². The van der Waals surface area contributed by atoms with Crippen molar-refractivity contribution < 1.29 is 57.2 Å². The summed E-state index contributed by atoms with van der Waals surface area (Å²) in [5.41, 5.74) is 7.38. The summed E-state index contributed by atoms with van der Waals surface area (Å²) in [7, 11) is 0. The molecule has 12 bridgehead atoms. The Hall–Kier alpha value is -7.86. The molecule has 12 heteroatoms. The number of hydrogen-bond donors (Lipinski definition) is 0. The predicted octanol–water partition coefficient (Wildman–Crippen LogP) is 9.10. The molecule has 0 saturated heterocycles. The lowest BCUT2D eigenvalue weighted by Gasteiger charge is -2.21. The van der Waals surface area contributed by atoms with Crippen LogP contribution >= 0.6 is 0 Å². The minimum Gasteiger partial charge on any atom is -0.426 e. The molecule has 0 N–H and O–H groups in total. The summed E-state index contributed by atoms with van der Waals surface area (Å²) in [5.74, 6) is -1.55. The molecule has 0 aliphatic heterocycles. The first-order chi connectivity index (χ1) is 31.6. The minimum absolute atomic E-state index is 0.172. The molecule has 0 radical (unpaired) electrons. The molecule has 0 atom stereocenters. The number of rotatable bonds is 6. The number of carbonyl (C=O) groups excluding carboxylic acids is 6. The summed E-state index contributed by atoms with van der Waals surface area (Å²) in [5, 5.41) is 0. The summed E-state index contributed by atoms with van der Waals surface area (Å²) in [4.78, 5) is 76.6. The van der Waals surface area contributed by atoms with E-state index in [9.17, 15) is 28.8 Å². The van der Waals surface area contributed by atoms with Gasteiger partial charge < -0.3 is 28.4 Å². The highest BCUT2D eigenvalue weighted by molar-refractivity contribution is 5.75. The number of hydrogen-bond acceptors (Lipinski definition) is 12. The first-order valence-electron chi connectivity index (χ1n) is 21.4. The fourth-order valence-corrected chi connectivity index (χ4v) is 8.38. The molecule has 0 heterocycles. The number of ether oxygens (including phenoxy) is 6. The molecular formula is C54H48O12. The standard InChI is InChI=1S/C54H48O12/c1-31(55)61-49-37-13-7-14-38(49)26-40-16-9-18-42(51(40)63-33(3)57)28-44-20-11-22-46(53(44)65-35(5)59)30-48-24-12-23-47(54(48)66-36(6)60)29-45-21-10-19-43(52(45)64-34(4)58)27-41-17-8-15-39(25-37)50(41)62-32(2)56/h7-24H,25-30H2,1-6H3. The fraction of sp³-hybridized carbons (Fsp3) is 0.222. The van der Waals surface area contributed by atoms with Gasteiger partial charge >= 0.3 is 35.8 Å². The monoisotopic (exact) mass is 888 g/mol. The third-order valence-electron chi connectivity index (χ3n) is 10.8. The van der Waals surface area contributed by atoms with Crippen molar-refractivity contribution in [2.24, 2.45) is 0 Å². The van der Waals surface area contributed by atoms with E-state index in [0.29, 0.717) is 101 Å². The number of benzene rings is 6. The van der Waals surface area contributed by atoms with Gasteiger partial charge in [0.15, 0.2) is 0 Å². The molecule has 7 rings (SSSR count). The zero-order valence-electron chi connectivity index (χ0n) is 37.5. The summed E-state index contributed by atoms with van der Waals surface area (Å²) in [6, 6.07) is 32.9. The second-order valence-corrected chi connectivity index (χ2v) is 16.1. The van der Waals surface area contributed by atoms with Gasteiger partial charge in [0.05, 0.1) is 0 Å². The predicted molar refractivity (Wildman–Crippen MR) is 243 cm³/mol. The van der Waals surface area contributed by atoms with E-state index < -0.39 is 35.8 Å². The topological polar surface area (TPSA) is 158 Å². The lowest BCUT2D eigenvalue weighted by molar-refractivity contribution is -0.133. The normalized spacial score (nSPS) is 12.1. The average Bonchev–Trinajstić information content (AvgIpc) is 3.23. The molecule has 0 fully saturated rings. The van der Waals surface area contributed by atoms with Crippen molar-refractivity contribution in [1.29, 1.82) is 0 Å². The lowest BCUT2D eigenvalue weighted by atomic mass is 9.91.